The van der Waals surface area contributed by atoms with Crippen LogP contribution in [0.15, 0.2) is 11.6 Å². The Kier molecular flexibility index (Phi) is 4.36. The van der Waals surface area contributed by atoms with Crippen molar-refractivity contribution >= 4 is 17.2 Å². The van der Waals surface area contributed by atoms with Crippen molar-refractivity contribution in [3.05, 3.63) is 16.6 Å². The first kappa shape index (κ1) is 14.0. The van der Waals surface area contributed by atoms with Crippen LogP contribution in [0.1, 0.15) is 50.0 Å². The molecule has 1 aliphatic carbocycles. The highest BCUT2D eigenvalue weighted by atomic mass is 32.1. The van der Waals surface area contributed by atoms with Crippen LogP contribution in [0.4, 0.5) is 0 Å². The number of nitrogens with one attached hydrogen (secondary N) is 2. The number of hydrogen-bond acceptors (Lipinski definition) is 4. The fourth-order valence-corrected chi connectivity index (χ4v) is 4.31. The second-order valence-corrected chi connectivity index (χ2v) is 6.97. The molecule has 110 valence electrons. The molecule has 1 saturated carbocycles. The van der Waals surface area contributed by atoms with Crippen molar-refractivity contribution in [3.63, 3.8) is 0 Å². The van der Waals surface area contributed by atoms with Crippen molar-refractivity contribution < 1.29 is 4.79 Å². The van der Waals surface area contributed by atoms with Gasteiger partial charge in [-0.25, -0.2) is 4.98 Å². The highest BCUT2D eigenvalue weighted by Crippen LogP contribution is 2.39. The van der Waals surface area contributed by atoms with Crippen LogP contribution in [0.25, 0.3) is 0 Å². The van der Waals surface area contributed by atoms with Crippen LogP contribution in [-0.4, -0.2) is 24.0 Å². The third kappa shape index (κ3) is 3.04. The molecule has 1 unspecified atom stereocenters. The SMILES string of the molecule is O=C(CCC1CCNC1)NC1(c2nccs2)CCCC1. The average molecular weight is 293 g/mol. The second kappa shape index (κ2) is 6.22. The summed E-state index contributed by atoms with van der Waals surface area (Å²) < 4.78 is 0. The molecule has 1 saturated heterocycles. The van der Waals surface area contributed by atoms with Gasteiger partial charge in [-0.2, -0.15) is 0 Å². The van der Waals surface area contributed by atoms with Crippen LogP contribution in [0.3, 0.4) is 0 Å². The van der Waals surface area contributed by atoms with Gasteiger partial charge >= 0.3 is 0 Å². The van der Waals surface area contributed by atoms with Crippen LogP contribution in [0, 0.1) is 5.92 Å². The highest BCUT2D eigenvalue weighted by molar-refractivity contribution is 7.09. The summed E-state index contributed by atoms with van der Waals surface area (Å²) in [5.41, 5.74) is -0.167. The third-order valence-electron chi connectivity index (χ3n) is 4.62. The Morgan fingerprint density at radius 1 is 1.50 bits per heavy atom. The number of thiazole rings is 1. The van der Waals surface area contributed by atoms with Crippen molar-refractivity contribution in [2.45, 2.75) is 50.5 Å². The van der Waals surface area contributed by atoms with Gasteiger partial charge in [0.05, 0.1) is 5.54 Å². The molecular formula is C15H23N3OS. The monoisotopic (exact) mass is 293 g/mol. The zero-order valence-corrected chi connectivity index (χ0v) is 12.7. The third-order valence-corrected chi connectivity index (χ3v) is 5.60. The van der Waals surface area contributed by atoms with Gasteiger partial charge in [0.2, 0.25) is 5.91 Å². The van der Waals surface area contributed by atoms with E-state index in [-0.39, 0.29) is 11.4 Å². The Morgan fingerprint density at radius 2 is 2.35 bits per heavy atom. The van der Waals surface area contributed by atoms with Crippen molar-refractivity contribution in [1.29, 1.82) is 0 Å². The van der Waals surface area contributed by atoms with Gasteiger partial charge in [-0.05, 0) is 44.7 Å². The number of amides is 1. The van der Waals surface area contributed by atoms with E-state index in [4.69, 9.17) is 0 Å². The van der Waals surface area contributed by atoms with E-state index >= 15 is 0 Å². The molecule has 2 N–H and O–H groups in total. The molecule has 20 heavy (non-hydrogen) atoms. The molecule has 4 nitrogen and oxygen atoms in total. The largest absolute Gasteiger partial charge is 0.344 e. The normalized spacial score (nSPS) is 24.9. The molecule has 5 heteroatoms. The molecular weight excluding hydrogens is 270 g/mol. The Hall–Kier alpha value is -0.940. The fraction of sp³-hybridized carbons (Fsp3) is 0.733. The lowest BCUT2D eigenvalue weighted by atomic mass is 9.97. The highest BCUT2D eigenvalue weighted by Gasteiger charge is 2.39. The standard InChI is InChI=1S/C15H23N3OS/c19-13(4-3-12-5-8-16-11-12)18-15(6-1-2-7-15)14-17-9-10-20-14/h9-10,12,16H,1-8,11H2,(H,18,19). The fourth-order valence-electron chi connectivity index (χ4n) is 3.46. The Balaban J connectivity index is 1.57. The smallest absolute Gasteiger partial charge is 0.220 e. The summed E-state index contributed by atoms with van der Waals surface area (Å²) in [5.74, 6) is 0.883. The zero-order valence-electron chi connectivity index (χ0n) is 11.9. The van der Waals surface area contributed by atoms with Crippen molar-refractivity contribution in [1.82, 2.24) is 15.6 Å². The quantitative estimate of drug-likeness (QED) is 0.876. The zero-order chi connectivity index (χ0) is 13.8. The first-order valence-electron chi connectivity index (χ1n) is 7.70. The molecule has 0 bridgehead atoms. The first-order chi connectivity index (χ1) is 9.78. The molecule has 2 aliphatic rings. The van der Waals surface area contributed by atoms with Crippen molar-refractivity contribution in [2.24, 2.45) is 5.92 Å². The van der Waals surface area contributed by atoms with E-state index in [0.29, 0.717) is 12.3 Å². The lowest BCUT2D eigenvalue weighted by Crippen LogP contribution is -2.43. The maximum atomic E-state index is 12.3. The van der Waals surface area contributed by atoms with E-state index in [9.17, 15) is 4.79 Å². The number of nitrogens with zero attached hydrogens (tertiary/aromatic N) is 1. The first-order valence-corrected chi connectivity index (χ1v) is 8.58. The minimum absolute atomic E-state index is 0.167. The summed E-state index contributed by atoms with van der Waals surface area (Å²) in [4.78, 5) is 16.8. The molecule has 3 rings (SSSR count). The molecule has 0 aromatic carbocycles. The van der Waals surface area contributed by atoms with E-state index < -0.39 is 0 Å². The summed E-state index contributed by atoms with van der Waals surface area (Å²) in [5, 5.41) is 9.76. The van der Waals surface area contributed by atoms with Gasteiger partial charge in [0.25, 0.3) is 0 Å². The number of carbonyl (C=O) groups excluding carboxylic acids is 1. The summed E-state index contributed by atoms with van der Waals surface area (Å²) >= 11 is 1.67. The summed E-state index contributed by atoms with van der Waals surface area (Å²) in [6.07, 6.45) is 9.17. The second-order valence-electron chi connectivity index (χ2n) is 6.07. The number of carbonyl (C=O) groups is 1. The summed E-state index contributed by atoms with van der Waals surface area (Å²) in [6, 6.07) is 0. The lowest BCUT2D eigenvalue weighted by molar-refractivity contribution is -0.123. The van der Waals surface area contributed by atoms with Crippen LogP contribution in [0.5, 0.6) is 0 Å². The molecule has 1 atom stereocenters. The Morgan fingerprint density at radius 3 is 3.00 bits per heavy atom. The van der Waals surface area contributed by atoms with Crippen LogP contribution in [-0.2, 0) is 10.3 Å². The van der Waals surface area contributed by atoms with Crippen LogP contribution in [0.2, 0.25) is 0 Å². The molecule has 2 fully saturated rings. The van der Waals surface area contributed by atoms with E-state index in [1.54, 1.807) is 11.3 Å². The topological polar surface area (TPSA) is 54.0 Å². The van der Waals surface area contributed by atoms with Crippen LogP contribution < -0.4 is 10.6 Å². The summed E-state index contributed by atoms with van der Waals surface area (Å²) in [6.45, 7) is 2.18. The van der Waals surface area contributed by atoms with Gasteiger partial charge in [0.15, 0.2) is 0 Å². The lowest BCUT2D eigenvalue weighted by Gasteiger charge is -2.28. The Labute approximate surface area is 124 Å². The molecule has 1 aromatic heterocycles. The van der Waals surface area contributed by atoms with Gasteiger partial charge < -0.3 is 10.6 Å². The minimum Gasteiger partial charge on any atom is -0.344 e. The molecule has 0 spiro atoms. The molecule has 1 aromatic rings. The van der Waals surface area contributed by atoms with Gasteiger partial charge in [-0.15, -0.1) is 11.3 Å². The molecule has 1 aliphatic heterocycles. The van der Waals surface area contributed by atoms with E-state index in [1.807, 2.05) is 11.6 Å². The van der Waals surface area contributed by atoms with E-state index in [1.165, 1.54) is 19.3 Å². The predicted octanol–water partition coefficient (Wildman–Crippen LogP) is 2.42. The number of rotatable bonds is 5. The van der Waals surface area contributed by atoms with Crippen molar-refractivity contribution in [2.75, 3.05) is 13.1 Å². The van der Waals surface area contributed by atoms with Gasteiger partial charge in [0, 0.05) is 18.0 Å². The predicted molar refractivity (Wildman–Crippen MR) is 80.6 cm³/mol. The Bertz CT molecular complexity index is 434. The maximum Gasteiger partial charge on any atom is 0.220 e. The number of hydrogen-bond donors (Lipinski definition) is 2. The molecule has 1 amide bonds. The molecule has 0 radical (unpaired) electrons. The van der Waals surface area contributed by atoms with Gasteiger partial charge in [0.1, 0.15) is 5.01 Å². The summed E-state index contributed by atoms with van der Waals surface area (Å²) in [7, 11) is 0. The van der Waals surface area contributed by atoms with E-state index in [0.717, 1.165) is 37.4 Å². The maximum absolute atomic E-state index is 12.3. The average Bonchev–Trinajstić information content (AvgIpc) is 3.18. The van der Waals surface area contributed by atoms with Crippen LogP contribution >= 0.6 is 11.3 Å². The van der Waals surface area contributed by atoms with Crippen molar-refractivity contribution in [3.8, 4) is 0 Å². The van der Waals surface area contributed by atoms with Gasteiger partial charge in [-0.3, -0.25) is 4.79 Å². The molecule has 2 heterocycles. The van der Waals surface area contributed by atoms with Gasteiger partial charge in [-0.1, -0.05) is 12.8 Å². The van der Waals surface area contributed by atoms with E-state index in [2.05, 4.69) is 15.6 Å². The minimum atomic E-state index is -0.167. The number of aromatic nitrogens is 1.